The average molecular weight is 479 g/mol. The zero-order valence-electron chi connectivity index (χ0n) is 19.7. The second-order valence-corrected chi connectivity index (χ2v) is 9.67. The summed E-state index contributed by atoms with van der Waals surface area (Å²) in [7, 11) is -3.50. The standard InChI is InChI=1S/C26H30N4O3S/c1-4-29(5-2)24-15-11-21(12-16-24)19-27-28-26(31)23-13-17-25(18-14-23)30(34(3,32)33)20-22-9-7-6-8-10-22/h6-19H,4-5,20H2,1-3H3,(H,28,31)/b27-19-. The molecule has 34 heavy (non-hydrogen) atoms. The predicted octanol–water partition coefficient (Wildman–Crippen LogP) is 4.26. The van der Waals surface area contributed by atoms with E-state index in [0.717, 1.165) is 29.9 Å². The maximum Gasteiger partial charge on any atom is 0.271 e. The molecule has 0 heterocycles. The molecule has 178 valence electrons. The molecule has 7 nitrogen and oxygen atoms in total. The van der Waals surface area contributed by atoms with Crippen molar-refractivity contribution in [2.24, 2.45) is 5.10 Å². The first-order valence-corrected chi connectivity index (χ1v) is 13.0. The van der Waals surface area contributed by atoms with Crippen LogP contribution >= 0.6 is 0 Å². The van der Waals surface area contributed by atoms with E-state index in [1.807, 2.05) is 54.6 Å². The Kier molecular flexibility index (Phi) is 8.43. The summed E-state index contributed by atoms with van der Waals surface area (Å²) in [6, 6.07) is 23.7. The Bertz CT molecular complexity index is 1210. The number of carbonyl (C=O) groups excluding carboxylic acids is 1. The Hall–Kier alpha value is -3.65. The van der Waals surface area contributed by atoms with Crippen LogP contribution in [0.5, 0.6) is 0 Å². The number of hydrogen-bond donors (Lipinski definition) is 1. The van der Waals surface area contributed by atoms with E-state index in [4.69, 9.17) is 0 Å². The molecule has 1 N–H and O–H groups in total. The van der Waals surface area contributed by atoms with Crippen LogP contribution < -0.4 is 14.6 Å². The number of sulfonamides is 1. The largest absolute Gasteiger partial charge is 0.372 e. The first kappa shape index (κ1) is 25.0. The number of nitrogens with one attached hydrogen (secondary N) is 1. The van der Waals surface area contributed by atoms with Gasteiger partial charge < -0.3 is 4.90 Å². The number of hydrogen-bond acceptors (Lipinski definition) is 5. The molecule has 0 bridgehead atoms. The van der Waals surface area contributed by atoms with Gasteiger partial charge in [-0.3, -0.25) is 9.10 Å². The van der Waals surface area contributed by atoms with Crippen molar-refractivity contribution in [3.8, 4) is 0 Å². The van der Waals surface area contributed by atoms with Gasteiger partial charge in [-0.15, -0.1) is 0 Å². The zero-order chi connectivity index (χ0) is 24.6. The van der Waals surface area contributed by atoms with Gasteiger partial charge in [-0.1, -0.05) is 42.5 Å². The van der Waals surface area contributed by atoms with E-state index < -0.39 is 10.0 Å². The average Bonchev–Trinajstić information content (AvgIpc) is 2.84. The molecular weight excluding hydrogens is 448 g/mol. The summed E-state index contributed by atoms with van der Waals surface area (Å²) in [5.41, 5.74) is 6.26. The molecule has 0 atom stereocenters. The minimum absolute atomic E-state index is 0.211. The highest BCUT2D eigenvalue weighted by molar-refractivity contribution is 7.92. The predicted molar refractivity (Wildman–Crippen MR) is 139 cm³/mol. The molecule has 0 aliphatic heterocycles. The van der Waals surface area contributed by atoms with Crippen molar-refractivity contribution < 1.29 is 13.2 Å². The Balaban J connectivity index is 1.65. The molecule has 0 radical (unpaired) electrons. The summed E-state index contributed by atoms with van der Waals surface area (Å²) in [6.45, 7) is 6.31. The van der Waals surface area contributed by atoms with Gasteiger partial charge in [0.15, 0.2) is 0 Å². The number of hydrazone groups is 1. The molecule has 0 saturated carbocycles. The lowest BCUT2D eigenvalue weighted by Gasteiger charge is -2.22. The minimum atomic E-state index is -3.50. The van der Waals surface area contributed by atoms with Crippen molar-refractivity contribution >= 4 is 33.5 Å². The van der Waals surface area contributed by atoms with E-state index >= 15 is 0 Å². The molecule has 3 aromatic rings. The monoisotopic (exact) mass is 478 g/mol. The van der Waals surface area contributed by atoms with Crippen molar-refractivity contribution in [2.75, 3.05) is 28.6 Å². The van der Waals surface area contributed by atoms with Crippen molar-refractivity contribution in [3.63, 3.8) is 0 Å². The van der Waals surface area contributed by atoms with Gasteiger partial charge in [0, 0.05) is 24.3 Å². The summed E-state index contributed by atoms with van der Waals surface area (Å²) in [4.78, 5) is 14.7. The Morgan fingerprint density at radius 2 is 1.47 bits per heavy atom. The summed E-state index contributed by atoms with van der Waals surface area (Å²) in [6.07, 6.45) is 2.75. The van der Waals surface area contributed by atoms with Gasteiger partial charge in [-0.25, -0.2) is 13.8 Å². The molecule has 0 spiro atoms. The van der Waals surface area contributed by atoms with Crippen LogP contribution in [0, 0.1) is 0 Å². The Morgan fingerprint density at radius 1 is 0.882 bits per heavy atom. The third-order valence-electron chi connectivity index (χ3n) is 5.39. The summed E-state index contributed by atoms with van der Waals surface area (Å²) in [5.74, 6) is -0.378. The molecule has 0 fully saturated rings. The molecule has 0 unspecified atom stereocenters. The van der Waals surface area contributed by atoms with Crippen LogP contribution in [0.3, 0.4) is 0 Å². The van der Waals surface area contributed by atoms with E-state index in [2.05, 4.69) is 29.3 Å². The van der Waals surface area contributed by atoms with Gasteiger partial charge in [0.2, 0.25) is 10.0 Å². The third-order valence-corrected chi connectivity index (χ3v) is 6.53. The summed E-state index contributed by atoms with van der Waals surface area (Å²) in [5, 5.41) is 4.04. The highest BCUT2D eigenvalue weighted by atomic mass is 32.2. The molecule has 0 aliphatic rings. The van der Waals surface area contributed by atoms with Crippen LogP contribution in [0.15, 0.2) is 84.0 Å². The van der Waals surface area contributed by atoms with E-state index in [1.54, 1.807) is 30.5 Å². The van der Waals surface area contributed by atoms with Crippen LogP contribution in [0.4, 0.5) is 11.4 Å². The Morgan fingerprint density at radius 3 is 2.03 bits per heavy atom. The number of benzene rings is 3. The van der Waals surface area contributed by atoms with Crippen molar-refractivity contribution in [3.05, 3.63) is 95.6 Å². The topological polar surface area (TPSA) is 82.1 Å². The molecule has 0 aliphatic carbocycles. The van der Waals surface area contributed by atoms with Crippen LogP contribution in [0.2, 0.25) is 0 Å². The lowest BCUT2D eigenvalue weighted by atomic mass is 10.2. The summed E-state index contributed by atoms with van der Waals surface area (Å²) >= 11 is 0. The fraction of sp³-hybridized carbons (Fsp3) is 0.231. The number of anilines is 2. The van der Waals surface area contributed by atoms with E-state index in [1.165, 1.54) is 10.6 Å². The molecule has 0 saturated heterocycles. The fourth-order valence-electron chi connectivity index (χ4n) is 3.52. The molecular formula is C26H30N4O3S. The first-order chi connectivity index (χ1) is 16.3. The van der Waals surface area contributed by atoms with Crippen molar-refractivity contribution in [1.29, 1.82) is 0 Å². The second kappa shape index (κ2) is 11.5. The molecule has 3 rings (SSSR count). The maximum absolute atomic E-state index is 12.5. The smallest absolute Gasteiger partial charge is 0.271 e. The third kappa shape index (κ3) is 6.68. The highest BCUT2D eigenvalue weighted by Gasteiger charge is 2.18. The number of nitrogens with zero attached hydrogens (tertiary/aromatic N) is 3. The maximum atomic E-state index is 12.5. The lowest BCUT2D eigenvalue weighted by molar-refractivity contribution is 0.0955. The number of amides is 1. The minimum Gasteiger partial charge on any atom is -0.372 e. The van der Waals surface area contributed by atoms with Gasteiger partial charge in [0.25, 0.3) is 5.91 Å². The molecule has 3 aromatic carbocycles. The van der Waals surface area contributed by atoms with Gasteiger partial charge in [0.05, 0.1) is 24.7 Å². The molecule has 8 heteroatoms. The normalized spacial score (nSPS) is 11.4. The fourth-order valence-corrected chi connectivity index (χ4v) is 4.41. The van der Waals surface area contributed by atoms with Gasteiger partial charge >= 0.3 is 0 Å². The second-order valence-electron chi connectivity index (χ2n) is 7.77. The SMILES string of the molecule is CCN(CC)c1ccc(/C=N\NC(=O)c2ccc(N(Cc3ccccc3)S(C)(=O)=O)cc2)cc1. The highest BCUT2D eigenvalue weighted by Crippen LogP contribution is 2.21. The van der Waals surface area contributed by atoms with Gasteiger partial charge in [-0.2, -0.15) is 5.10 Å². The van der Waals surface area contributed by atoms with Crippen LogP contribution in [0.25, 0.3) is 0 Å². The molecule has 0 aromatic heterocycles. The zero-order valence-corrected chi connectivity index (χ0v) is 20.5. The van der Waals surface area contributed by atoms with Crippen LogP contribution in [-0.2, 0) is 16.6 Å². The van der Waals surface area contributed by atoms with Crippen LogP contribution in [0.1, 0.15) is 35.3 Å². The quantitative estimate of drug-likeness (QED) is 0.349. The van der Waals surface area contributed by atoms with Crippen LogP contribution in [-0.4, -0.2) is 39.9 Å². The van der Waals surface area contributed by atoms with Crippen molar-refractivity contribution in [1.82, 2.24) is 5.43 Å². The summed E-state index contributed by atoms with van der Waals surface area (Å²) < 4.78 is 26.0. The van der Waals surface area contributed by atoms with E-state index in [9.17, 15) is 13.2 Å². The Labute approximate surface area is 201 Å². The van der Waals surface area contributed by atoms with E-state index in [0.29, 0.717) is 11.3 Å². The van der Waals surface area contributed by atoms with Gasteiger partial charge in [-0.05, 0) is 61.4 Å². The van der Waals surface area contributed by atoms with Gasteiger partial charge in [0.1, 0.15) is 0 Å². The number of carbonyl (C=O) groups is 1. The number of rotatable bonds is 10. The first-order valence-electron chi connectivity index (χ1n) is 11.1. The van der Waals surface area contributed by atoms with E-state index in [-0.39, 0.29) is 12.5 Å². The molecule has 1 amide bonds. The lowest BCUT2D eigenvalue weighted by Crippen LogP contribution is -2.29. The van der Waals surface area contributed by atoms with Crippen molar-refractivity contribution in [2.45, 2.75) is 20.4 Å².